The van der Waals surface area contributed by atoms with Crippen LogP contribution in [0.5, 0.6) is 0 Å². The lowest BCUT2D eigenvalue weighted by Gasteiger charge is -2.34. The summed E-state index contributed by atoms with van der Waals surface area (Å²) in [5.74, 6) is -1.03. The third-order valence-electron chi connectivity index (χ3n) is 4.71. The zero-order chi connectivity index (χ0) is 16.6. The number of aliphatic carboxylic acids is 1. The second-order valence-electron chi connectivity index (χ2n) is 6.66. The molecule has 0 aliphatic carbocycles. The molecule has 2 unspecified atom stereocenters. The number of carboxylic acid groups (broad SMARTS) is 1. The Morgan fingerprint density at radius 3 is 2.87 bits per heavy atom. The van der Waals surface area contributed by atoms with Gasteiger partial charge in [-0.3, -0.25) is 9.59 Å². The third-order valence-corrected chi connectivity index (χ3v) is 4.71. The quantitative estimate of drug-likeness (QED) is 0.914. The molecule has 2 aromatic rings. The number of piperidine rings is 1. The Morgan fingerprint density at radius 1 is 1.35 bits per heavy atom. The SMILES string of the molecule is Cc1cccc2c(CC(=O)N3CC(C)CC(C(=O)O)C3)c[nH]c12. The molecule has 122 valence electrons. The maximum atomic E-state index is 12.6. The minimum absolute atomic E-state index is 0.00482. The van der Waals surface area contributed by atoms with Gasteiger partial charge in [-0.25, -0.2) is 0 Å². The van der Waals surface area contributed by atoms with Gasteiger partial charge in [0, 0.05) is 30.2 Å². The number of fused-ring (bicyclic) bond motifs is 1. The van der Waals surface area contributed by atoms with Gasteiger partial charge < -0.3 is 15.0 Å². The van der Waals surface area contributed by atoms with Crippen molar-refractivity contribution in [1.29, 1.82) is 0 Å². The zero-order valence-electron chi connectivity index (χ0n) is 13.5. The Labute approximate surface area is 135 Å². The van der Waals surface area contributed by atoms with E-state index in [4.69, 9.17) is 0 Å². The Morgan fingerprint density at radius 2 is 2.13 bits per heavy atom. The van der Waals surface area contributed by atoms with E-state index >= 15 is 0 Å². The summed E-state index contributed by atoms with van der Waals surface area (Å²) < 4.78 is 0. The predicted molar refractivity (Wildman–Crippen MR) is 88.2 cm³/mol. The molecule has 2 heterocycles. The van der Waals surface area contributed by atoms with Gasteiger partial charge in [0.05, 0.1) is 12.3 Å². The van der Waals surface area contributed by atoms with Gasteiger partial charge in [-0.1, -0.05) is 25.1 Å². The van der Waals surface area contributed by atoms with Gasteiger partial charge in [-0.2, -0.15) is 0 Å². The molecule has 1 amide bonds. The summed E-state index contributed by atoms with van der Waals surface area (Å²) in [5, 5.41) is 10.3. The first-order valence-corrected chi connectivity index (χ1v) is 8.02. The molecule has 23 heavy (non-hydrogen) atoms. The first-order valence-electron chi connectivity index (χ1n) is 8.02. The lowest BCUT2D eigenvalue weighted by molar-refractivity contribution is -0.146. The number of rotatable bonds is 3. The van der Waals surface area contributed by atoms with E-state index < -0.39 is 11.9 Å². The predicted octanol–water partition coefficient (Wildman–Crippen LogP) is 2.59. The fourth-order valence-corrected chi connectivity index (χ4v) is 3.52. The highest BCUT2D eigenvalue weighted by atomic mass is 16.4. The molecule has 1 aliphatic rings. The first kappa shape index (κ1) is 15.6. The van der Waals surface area contributed by atoms with Crippen LogP contribution in [-0.2, 0) is 16.0 Å². The number of carboxylic acids is 1. The van der Waals surface area contributed by atoms with Gasteiger partial charge in [0.1, 0.15) is 0 Å². The molecule has 1 aromatic carbocycles. The highest BCUT2D eigenvalue weighted by Crippen LogP contribution is 2.25. The number of nitrogens with zero attached hydrogens (tertiary/aromatic N) is 1. The smallest absolute Gasteiger partial charge is 0.308 e. The first-order chi connectivity index (χ1) is 11.0. The van der Waals surface area contributed by atoms with Crippen molar-refractivity contribution in [2.45, 2.75) is 26.7 Å². The minimum Gasteiger partial charge on any atom is -0.481 e. The number of benzene rings is 1. The Kier molecular flexibility index (Phi) is 4.11. The van der Waals surface area contributed by atoms with Gasteiger partial charge in [-0.05, 0) is 30.4 Å². The van der Waals surface area contributed by atoms with Crippen molar-refractivity contribution in [3.63, 3.8) is 0 Å². The van der Waals surface area contributed by atoms with Crippen LogP contribution in [0, 0.1) is 18.8 Å². The van der Waals surface area contributed by atoms with E-state index in [1.807, 2.05) is 38.2 Å². The average molecular weight is 314 g/mol. The van der Waals surface area contributed by atoms with E-state index in [1.54, 1.807) is 4.90 Å². The monoisotopic (exact) mass is 314 g/mol. The lowest BCUT2D eigenvalue weighted by atomic mass is 9.90. The van der Waals surface area contributed by atoms with Crippen LogP contribution in [0.15, 0.2) is 24.4 Å². The molecule has 0 bridgehead atoms. The largest absolute Gasteiger partial charge is 0.481 e. The lowest BCUT2D eigenvalue weighted by Crippen LogP contribution is -2.46. The molecule has 3 rings (SSSR count). The fourth-order valence-electron chi connectivity index (χ4n) is 3.52. The number of nitrogens with one attached hydrogen (secondary N) is 1. The van der Waals surface area contributed by atoms with E-state index in [-0.39, 0.29) is 11.8 Å². The third kappa shape index (κ3) is 3.09. The maximum absolute atomic E-state index is 12.6. The van der Waals surface area contributed by atoms with Crippen molar-refractivity contribution < 1.29 is 14.7 Å². The number of aromatic nitrogens is 1. The molecular formula is C18H22N2O3. The molecule has 1 aromatic heterocycles. The number of aromatic amines is 1. The van der Waals surface area contributed by atoms with Gasteiger partial charge in [0.25, 0.3) is 0 Å². The molecule has 5 nitrogen and oxygen atoms in total. The van der Waals surface area contributed by atoms with Crippen LogP contribution in [0.25, 0.3) is 10.9 Å². The second-order valence-corrected chi connectivity index (χ2v) is 6.66. The molecule has 0 saturated carbocycles. The number of amides is 1. The van der Waals surface area contributed by atoms with Gasteiger partial charge in [0.15, 0.2) is 0 Å². The normalized spacial score (nSPS) is 21.6. The van der Waals surface area contributed by atoms with Crippen molar-refractivity contribution in [2.24, 2.45) is 11.8 Å². The fraction of sp³-hybridized carbons (Fsp3) is 0.444. The van der Waals surface area contributed by atoms with Crippen LogP contribution < -0.4 is 0 Å². The van der Waals surface area contributed by atoms with Gasteiger partial charge >= 0.3 is 5.97 Å². The molecule has 1 aliphatic heterocycles. The zero-order valence-corrected chi connectivity index (χ0v) is 13.5. The standard InChI is InChI=1S/C18H22N2O3/c1-11-6-14(18(22)23)10-20(9-11)16(21)7-13-8-19-17-12(2)4-3-5-15(13)17/h3-5,8,11,14,19H,6-7,9-10H2,1-2H3,(H,22,23). The van der Waals surface area contributed by atoms with Crippen LogP contribution in [0.1, 0.15) is 24.5 Å². The highest BCUT2D eigenvalue weighted by Gasteiger charge is 2.31. The molecule has 1 fully saturated rings. The number of likely N-dealkylation sites (tertiary alicyclic amines) is 1. The average Bonchev–Trinajstić information content (AvgIpc) is 2.91. The number of para-hydroxylation sites is 1. The second kappa shape index (κ2) is 6.07. The summed E-state index contributed by atoms with van der Waals surface area (Å²) in [4.78, 5) is 28.8. The maximum Gasteiger partial charge on any atom is 0.308 e. The van der Waals surface area contributed by atoms with Crippen LogP contribution in [0.3, 0.4) is 0 Å². The molecule has 0 spiro atoms. The van der Waals surface area contributed by atoms with E-state index in [2.05, 4.69) is 4.98 Å². The van der Waals surface area contributed by atoms with Crippen molar-refractivity contribution in [1.82, 2.24) is 9.88 Å². The molecule has 0 radical (unpaired) electrons. The molecule has 5 heteroatoms. The highest BCUT2D eigenvalue weighted by molar-refractivity contribution is 5.90. The summed E-state index contributed by atoms with van der Waals surface area (Å²) in [7, 11) is 0. The molecule has 2 atom stereocenters. The number of carbonyl (C=O) groups excluding carboxylic acids is 1. The van der Waals surface area contributed by atoms with Crippen molar-refractivity contribution in [3.05, 3.63) is 35.5 Å². The number of H-pyrrole nitrogens is 1. The van der Waals surface area contributed by atoms with E-state index in [0.29, 0.717) is 25.9 Å². The van der Waals surface area contributed by atoms with Crippen LogP contribution in [0.2, 0.25) is 0 Å². The van der Waals surface area contributed by atoms with Crippen molar-refractivity contribution >= 4 is 22.8 Å². The van der Waals surface area contributed by atoms with Crippen molar-refractivity contribution in [3.8, 4) is 0 Å². The summed E-state index contributed by atoms with van der Waals surface area (Å²) in [6, 6.07) is 6.04. The molecular weight excluding hydrogens is 292 g/mol. The summed E-state index contributed by atoms with van der Waals surface area (Å²) in [6.07, 6.45) is 2.84. The summed E-state index contributed by atoms with van der Waals surface area (Å²) >= 11 is 0. The summed E-state index contributed by atoms with van der Waals surface area (Å²) in [6.45, 7) is 5.00. The topological polar surface area (TPSA) is 73.4 Å². The Bertz CT molecular complexity index is 750. The number of hydrogen-bond acceptors (Lipinski definition) is 2. The van der Waals surface area contributed by atoms with Gasteiger partial charge in [-0.15, -0.1) is 0 Å². The van der Waals surface area contributed by atoms with Crippen LogP contribution in [0.4, 0.5) is 0 Å². The van der Waals surface area contributed by atoms with E-state index in [1.165, 1.54) is 0 Å². The number of hydrogen-bond donors (Lipinski definition) is 2. The molecule has 2 N–H and O–H groups in total. The number of aryl methyl sites for hydroxylation is 1. The summed E-state index contributed by atoms with van der Waals surface area (Å²) in [5.41, 5.74) is 3.18. The van der Waals surface area contributed by atoms with E-state index in [0.717, 1.165) is 22.0 Å². The van der Waals surface area contributed by atoms with E-state index in [9.17, 15) is 14.7 Å². The van der Waals surface area contributed by atoms with Crippen LogP contribution >= 0.6 is 0 Å². The van der Waals surface area contributed by atoms with Crippen molar-refractivity contribution in [2.75, 3.05) is 13.1 Å². The minimum atomic E-state index is -0.808. The van der Waals surface area contributed by atoms with Gasteiger partial charge in [0.2, 0.25) is 5.91 Å². The number of carbonyl (C=O) groups is 2. The Hall–Kier alpha value is -2.30. The van der Waals surface area contributed by atoms with Crippen LogP contribution in [-0.4, -0.2) is 40.0 Å². The molecule has 1 saturated heterocycles. The Balaban J connectivity index is 1.78.